The molecule has 2 atom stereocenters. The molecule has 3 amide bonds. The van der Waals surface area contributed by atoms with Crippen molar-refractivity contribution in [1.82, 2.24) is 44.7 Å². The molecular formula is C62H67ClN10O16S3. The molecule has 26 nitrogen and oxygen atoms in total. The van der Waals surface area contributed by atoms with Gasteiger partial charge in [0.2, 0.25) is 11.8 Å². The van der Waals surface area contributed by atoms with Gasteiger partial charge in [0.05, 0.1) is 28.3 Å². The van der Waals surface area contributed by atoms with Gasteiger partial charge in [-0.25, -0.2) is 4.79 Å². The average molecular weight is 1340 g/mol. The highest BCUT2D eigenvalue weighted by atomic mass is 35.5. The summed E-state index contributed by atoms with van der Waals surface area (Å²) >= 11 is 6.81. The number of nitrogens with zero attached hydrogens (tertiary/aromatic N) is 8. The quantitative estimate of drug-likeness (QED) is 0.0325. The van der Waals surface area contributed by atoms with Crippen molar-refractivity contribution in [3.8, 4) is 45.6 Å². The van der Waals surface area contributed by atoms with Crippen molar-refractivity contribution >= 4 is 60.0 Å². The molecule has 5 N–H and O–H groups in total. The second-order valence-electron chi connectivity index (χ2n) is 22.0. The predicted molar refractivity (Wildman–Crippen MR) is 337 cm³/mol. The Bertz CT molecular complexity index is 4210. The lowest BCUT2D eigenvalue weighted by Crippen LogP contribution is -2.56. The molecule has 9 rings (SSSR count). The van der Waals surface area contributed by atoms with Crippen molar-refractivity contribution < 1.29 is 72.2 Å². The largest absolute Gasteiger partial charge is 0.488 e. The Hall–Kier alpha value is -8.57. The van der Waals surface area contributed by atoms with Crippen LogP contribution in [0, 0.1) is 25.2 Å². The molecule has 0 radical (unpaired) electrons. The molecule has 5 aromatic carbocycles. The van der Waals surface area contributed by atoms with Crippen molar-refractivity contribution in [2.24, 2.45) is 0 Å². The number of hydrogen-bond donors (Lipinski definition) is 5. The topological polar surface area (TPSA) is 352 Å². The van der Waals surface area contributed by atoms with Crippen molar-refractivity contribution in [2.45, 2.75) is 78.1 Å². The van der Waals surface area contributed by atoms with Crippen molar-refractivity contribution in [1.29, 1.82) is 5.26 Å². The number of nitriles is 1. The van der Waals surface area contributed by atoms with Gasteiger partial charge in [-0.3, -0.25) is 37.8 Å². The Morgan fingerprint density at radius 3 is 2.08 bits per heavy atom. The molecule has 0 saturated carbocycles. The van der Waals surface area contributed by atoms with Crippen molar-refractivity contribution in [2.75, 3.05) is 57.4 Å². The lowest BCUT2D eigenvalue weighted by Gasteiger charge is -2.37. The van der Waals surface area contributed by atoms with Gasteiger partial charge in [0, 0.05) is 87.9 Å². The minimum absolute atomic E-state index is 0.0443. The van der Waals surface area contributed by atoms with Gasteiger partial charge in [0.15, 0.2) is 0 Å². The summed E-state index contributed by atoms with van der Waals surface area (Å²) in [7, 11) is -14.4. The van der Waals surface area contributed by atoms with E-state index in [4.69, 9.17) is 35.1 Å². The molecule has 7 aromatic rings. The number of benzene rings is 5. The van der Waals surface area contributed by atoms with Crippen LogP contribution in [0.4, 0.5) is 4.79 Å². The Morgan fingerprint density at radius 2 is 1.40 bits per heavy atom. The van der Waals surface area contributed by atoms with Crippen LogP contribution in [0.1, 0.15) is 69.5 Å². The van der Waals surface area contributed by atoms with E-state index >= 15 is 0 Å². The molecule has 0 bridgehead atoms. The summed E-state index contributed by atoms with van der Waals surface area (Å²) in [5, 5.41) is 23.2. The number of amides is 3. The van der Waals surface area contributed by atoms with E-state index in [1.165, 1.54) is 36.4 Å². The van der Waals surface area contributed by atoms with Crippen molar-refractivity contribution in [3.05, 3.63) is 177 Å². The Labute approximate surface area is 537 Å². The van der Waals surface area contributed by atoms with Crippen LogP contribution in [0.5, 0.6) is 17.2 Å². The van der Waals surface area contributed by atoms with Gasteiger partial charge in [-0.05, 0) is 95.5 Å². The second-order valence-corrected chi connectivity index (χ2v) is 26.7. The fourth-order valence-electron chi connectivity index (χ4n) is 11.0. The van der Waals surface area contributed by atoms with E-state index < -0.39 is 78.6 Å². The van der Waals surface area contributed by atoms with E-state index in [1.807, 2.05) is 111 Å². The van der Waals surface area contributed by atoms with Gasteiger partial charge in [0.1, 0.15) is 67.5 Å². The molecule has 0 unspecified atom stereocenters. The number of rotatable bonds is 28. The van der Waals surface area contributed by atoms with Gasteiger partial charge in [-0.2, -0.15) is 34.8 Å². The molecule has 0 spiro atoms. The monoisotopic (exact) mass is 1340 g/mol. The summed E-state index contributed by atoms with van der Waals surface area (Å²) in [6.07, 6.45) is 4.04. The van der Waals surface area contributed by atoms with Crippen LogP contribution in [0.15, 0.2) is 122 Å². The molecular weight excluding hydrogens is 1270 g/mol. The molecule has 1 saturated heterocycles. The molecule has 30 heteroatoms. The van der Waals surface area contributed by atoms with E-state index in [2.05, 4.69) is 30.8 Å². The van der Waals surface area contributed by atoms with Crippen molar-refractivity contribution in [3.63, 3.8) is 0 Å². The number of pyridine rings is 1. The zero-order valence-electron chi connectivity index (χ0n) is 50.2. The van der Waals surface area contributed by atoms with Gasteiger partial charge < -0.3 is 34.5 Å². The third kappa shape index (κ3) is 17.5. The second kappa shape index (κ2) is 29.8. The van der Waals surface area contributed by atoms with E-state index in [-0.39, 0.29) is 78.4 Å². The number of ether oxygens (including phenoxy) is 4. The Kier molecular flexibility index (Phi) is 22.0. The molecule has 1 aliphatic heterocycles. The predicted octanol–water partition coefficient (Wildman–Crippen LogP) is 6.55. The molecule has 1 fully saturated rings. The van der Waals surface area contributed by atoms with Gasteiger partial charge >= 0.3 is 16.4 Å². The third-order valence-electron chi connectivity index (χ3n) is 15.7. The molecule has 92 heavy (non-hydrogen) atoms. The molecule has 1 aliphatic carbocycles. The first-order chi connectivity index (χ1) is 43.8. The van der Waals surface area contributed by atoms with Crippen LogP contribution in [-0.2, 0) is 77.8 Å². The number of carbonyl (C=O) groups is 3. The lowest BCUT2D eigenvalue weighted by atomic mass is 9.93. The van der Waals surface area contributed by atoms with E-state index in [0.717, 1.165) is 50.1 Å². The first kappa shape index (κ1) is 67.8. The first-order valence-corrected chi connectivity index (χ1v) is 34.0. The van der Waals surface area contributed by atoms with E-state index in [1.54, 1.807) is 10.7 Å². The number of aryl methyl sites for hydroxylation is 1. The number of nitrogens with one attached hydrogen (secondary N) is 2. The van der Waals surface area contributed by atoms with Crippen LogP contribution in [0.25, 0.3) is 22.3 Å². The lowest BCUT2D eigenvalue weighted by molar-refractivity contribution is -0.136. The Morgan fingerprint density at radius 1 is 0.750 bits per heavy atom. The zero-order valence-corrected chi connectivity index (χ0v) is 53.4. The van der Waals surface area contributed by atoms with Crippen LogP contribution >= 0.6 is 11.6 Å². The standard InChI is InChI=1S/C62H67ClN10O16S3/c1-40-45(36-87-59-29-58(86-35-44-27-43(30-64)31-65-32-44)46(28-55(59)63)33-67-56(39-91(80,81)82)60(74)66-19-26-90(77,78)79)11-8-16-48(40)49-17-9-18-57(41(49)2)88-37-47-34-72(69-68-47)21-10-20-70-22-24-71(25-23-70)61(75)42(3)73(92(83,84)85)62(76)89-38-54-52-14-6-4-12-50(52)51-13-5-7-15-53(51)54/h4-9,11-18,27-29,31-32,34,42,54,56,67H,10,19-26,33,35-39H2,1-3H3,(H,66,74)(H,77,78,79)(H,80,81,82)(H,83,84,85)/t42-,56+/m1/s1. The first-order valence-electron chi connectivity index (χ1n) is 29.0. The molecule has 3 heterocycles. The van der Waals surface area contributed by atoms with E-state index in [9.17, 15) is 54.0 Å². The van der Waals surface area contributed by atoms with E-state index in [0.29, 0.717) is 55.2 Å². The number of hydrogen-bond acceptors (Lipinski definition) is 19. The summed E-state index contributed by atoms with van der Waals surface area (Å²) in [6, 6.07) is 30.3. The molecule has 486 valence electrons. The van der Waals surface area contributed by atoms with Crippen LogP contribution < -0.4 is 24.8 Å². The van der Waals surface area contributed by atoms with Crippen LogP contribution in [0.3, 0.4) is 0 Å². The third-order valence-corrected chi connectivity index (χ3v) is 18.4. The van der Waals surface area contributed by atoms with Crippen LogP contribution in [-0.4, -0.2) is 160 Å². The summed E-state index contributed by atoms with van der Waals surface area (Å²) in [5.74, 6) is -2.92. The maximum Gasteiger partial charge on any atom is 0.426 e. The van der Waals surface area contributed by atoms with Gasteiger partial charge in [-0.1, -0.05) is 95.7 Å². The summed E-state index contributed by atoms with van der Waals surface area (Å²) in [5.41, 5.74) is 9.90. The number of fused-ring (bicyclic) bond motifs is 3. The summed E-state index contributed by atoms with van der Waals surface area (Å²) in [6.45, 7) is 6.94. The number of aromatic nitrogens is 4. The summed E-state index contributed by atoms with van der Waals surface area (Å²) in [4.78, 5) is 47.8. The highest BCUT2D eigenvalue weighted by Gasteiger charge is 2.40. The number of carbonyl (C=O) groups excluding carboxylic acids is 3. The molecule has 2 aliphatic rings. The maximum absolute atomic E-state index is 13.7. The fraction of sp³-hybridized carbons (Fsp3) is 0.339. The zero-order chi connectivity index (χ0) is 65.9. The highest BCUT2D eigenvalue weighted by molar-refractivity contribution is 7.86. The highest BCUT2D eigenvalue weighted by Crippen LogP contribution is 2.45. The van der Waals surface area contributed by atoms with Gasteiger partial charge in [0.25, 0.3) is 20.2 Å². The number of piperazine rings is 1. The minimum Gasteiger partial charge on any atom is -0.488 e. The van der Waals surface area contributed by atoms with Gasteiger partial charge in [-0.15, -0.1) is 5.10 Å². The Balaban J connectivity index is 0.767. The average Bonchev–Trinajstić information content (AvgIpc) is 1.59. The maximum atomic E-state index is 13.7. The normalized spacial score (nSPS) is 14.1. The molecule has 2 aromatic heterocycles. The van der Waals surface area contributed by atoms with Crippen LogP contribution in [0.2, 0.25) is 5.02 Å². The smallest absolute Gasteiger partial charge is 0.426 e. The summed E-state index contributed by atoms with van der Waals surface area (Å²) < 4.78 is 127. The fourth-order valence-corrected chi connectivity index (χ4v) is 13.0. The minimum atomic E-state index is -5.19. The number of halogens is 1. The SMILES string of the molecule is Cc1c(COc2cc(OCc3cncc(C#N)c3)c(CN[C@@H](CS(=O)(=O)O)C(=O)NCCS(=O)(=O)O)cc2Cl)cccc1-c1cccc(OCc2cn(CCCN3CCN(C(=O)[C@@H](C)N(C(=O)OCC4c5ccccc5-c5ccccc54)S(=O)(=O)O)CC3)nn2)c1C.